The van der Waals surface area contributed by atoms with Crippen LogP contribution in [0.5, 0.6) is 0 Å². The third-order valence-corrected chi connectivity index (χ3v) is 7.65. The lowest BCUT2D eigenvalue weighted by atomic mass is 9.91. The van der Waals surface area contributed by atoms with Gasteiger partial charge in [0.15, 0.2) is 5.52 Å². The summed E-state index contributed by atoms with van der Waals surface area (Å²) in [4.78, 5) is 24.1. The van der Waals surface area contributed by atoms with Crippen LogP contribution >= 0.6 is 24.8 Å². The number of piperidine rings is 1. The number of rotatable bonds is 7. The Bertz CT molecular complexity index is 1710. The molecule has 0 unspecified atom stereocenters. The highest BCUT2D eigenvalue weighted by Crippen LogP contribution is 2.28. The van der Waals surface area contributed by atoms with E-state index >= 15 is 0 Å². The molecule has 3 aromatic heterocycles. The summed E-state index contributed by atoms with van der Waals surface area (Å²) in [6, 6.07) is 12.7. The van der Waals surface area contributed by atoms with Gasteiger partial charge < -0.3 is 15.3 Å². The molecule has 10 nitrogen and oxygen atoms in total. The molecule has 3 N–H and O–H groups in total. The molecule has 2 aromatic carbocycles. The Morgan fingerprint density at radius 1 is 1.05 bits per heavy atom. The Hall–Kier alpha value is -3.61. The quantitative estimate of drug-likeness (QED) is 0.282. The Labute approximate surface area is 253 Å². The summed E-state index contributed by atoms with van der Waals surface area (Å²) in [5.74, 6) is 0.0482. The van der Waals surface area contributed by atoms with Crippen molar-refractivity contribution in [3.8, 4) is 22.7 Å². The van der Waals surface area contributed by atoms with E-state index in [0.29, 0.717) is 61.6 Å². The summed E-state index contributed by atoms with van der Waals surface area (Å²) in [6.45, 7) is 2.11. The van der Waals surface area contributed by atoms with Gasteiger partial charge in [0.1, 0.15) is 17.6 Å². The molecule has 222 valence electrons. The Kier molecular flexibility index (Phi) is 9.49. The molecule has 0 spiro atoms. The molecule has 4 heterocycles. The molecule has 6 rings (SSSR count). The maximum atomic E-state index is 14.8. The zero-order chi connectivity index (χ0) is 27.9. The van der Waals surface area contributed by atoms with Crippen molar-refractivity contribution in [2.75, 3.05) is 13.1 Å². The second-order valence-corrected chi connectivity index (χ2v) is 10.4. The van der Waals surface area contributed by atoms with E-state index < -0.39 is 5.60 Å². The average Bonchev–Trinajstić information content (AvgIpc) is 3.61. The predicted molar refractivity (Wildman–Crippen MR) is 162 cm³/mol. The molecule has 0 bridgehead atoms. The van der Waals surface area contributed by atoms with Crippen molar-refractivity contribution < 1.29 is 13.9 Å². The summed E-state index contributed by atoms with van der Waals surface area (Å²) in [6.07, 6.45) is 5.34. The summed E-state index contributed by atoms with van der Waals surface area (Å²) >= 11 is 0. The number of oxazole rings is 1. The molecular weight excluding hydrogens is 584 g/mol. The lowest BCUT2D eigenvalue weighted by molar-refractivity contribution is -0.0366. The number of aromatic nitrogens is 5. The molecule has 0 radical (unpaired) electrons. The van der Waals surface area contributed by atoms with Gasteiger partial charge in [0.25, 0.3) is 5.56 Å². The van der Waals surface area contributed by atoms with E-state index in [0.717, 1.165) is 16.8 Å². The molecule has 1 fully saturated rings. The van der Waals surface area contributed by atoms with Crippen LogP contribution < -0.4 is 11.3 Å². The van der Waals surface area contributed by atoms with Crippen LogP contribution in [0, 0.1) is 5.82 Å². The molecule has 0 saturated carbocycles. The number of benzene rings is 2. The molecule has 0 atom stereocenters. The van der Waals surface area contributed by atoms with E-state index in [9.17, 15) is 14.3 Å². The molecular formula is C29H32Cl2FN7O3. The second kappa shape index (κ2) is 12.7. The van der Waals surface area contributed by atoms with Crippen molar-refractivity contribution >= 4 is 35.8 Å². The molecule has 13 heteroatoms. The maximum Gasteiger partial charge on any atom is 0.281 e. The number of aliphatic hydroxyl groups is 1. The van der Waals surface area contributed by atoms with Crippen LogP contribution in [0.15, 0.2) is 70.5 Å². The maximum absolute atomic E-state index is 14.8. The third kappa shape index (κ3) is 6.11. The SMILES string of the molecule is Cl.Cl.Cn1nc2c(=O)n(CC3(O)CCN(Cc4ccc(-c5ncco5)cc4F)CC3)cnc2c1-c1ccc(CN)cc1. The Morgan fingerprint density at radius 2 is 1.76 bits per heavy atom. The van der Waals surface area contributed by atoms with Gasteiger partial charge >= 0.3 is 0 Å². The number of nitrogens with two attached hydrogens (primary N) is 1. The van der Waals surface area contributed by atoms with Crippen molar-refractivity contribution in [2.24, 2.45) is 12.8 Å². The van der Waals surface area contributed by atoms with Crippen LogP contribution in [0.3, 0.4) is 0 Å². The predicted octanol–water partition coefficient (Wildman–Crippen LogP) is 3.92. The second-order valence-electron chi connectivity index (χ2n) is 10.4. The van der Waals surface area contributed by atoms with Crippen molar-refractivity contribution in [1.29, 1.82) is 0 Å². The van der Waals surface area contributed by atoms with Crippen LogP contribution in [0.25, 0.3) is 33.7 Å². The standard InChI is InChI=1S/C29H30FN7O3.2ClH/c1-35-26(20-4-2-19(15-31)3-5-20)24-25(34-35)28(38)37(18-33-24)17-29(39)8-11-36(12-9-29)16-22-7-6-21(14-23(22)30)27-32-10-13-40-27;;/h2-7,10,13-14,18,39H,8-9,11-12,15-17,31H2,1H3;2*1H. The fraction of sp³-hybridized carbons (Fsp3) is 0.310. The Morgan fingerprint density at radius 3 is 2.40 bits per heavy atom. The zero-order valence-corrected chi connectivity index (χ0v) is 24.6. The minimum atomic E-state index is -1.08. The number of halogens is 3. The number of aryl methyl sites for hydroxylation is 1. The number of fused-ring (bicyclic) bond motifs is 1. The minimum absolute atomic E-state index is 0. The summed E-state index contributed by atoms with van der Waals surface area (Å²) in [7, 11) is 1.78. The fourth-order valence-corrected chi connectivity index (χ4v) is 5.35. The zero-order valence-electron chi connectivity index (χ0n) is 22.9. The fourth-order valence-electron chi connectivity index (χ4n) is 5.35. The van der Waals surface area contributed by atoms with Gasteiger partial charge in [0, 0.05) is 49.9 Å². The van der Waals surface area contributed by atoms with Gasteiger partial charge in [-0.15, -0.1) is 24.8 Å². The van der Waals surface area contributed by atoms with Crippen molar-refractivity contribution in [1.82, 2.24) is 29.2 Å². The summed E-state index contributed by atoms with van der Waals surface area (Å²) in [5, 5.41) is 15.8. The van der Waals surface area contributed by atoms with Gasteiger partial charge in [-0.25, -0.2) is 14.4 Å². The van der Waals surface area contributed by atoms with Gasteiger partial charge in [0.2, 0.25) is 5.89 Å². The van der Waals surface area contributed by atoms with Crippen LogP contribution in [0.4, 0.5) is 4.39 Å². The van der Waals surface area contributed by atoms with Gasteiger partial charge in [-0.2, -0.15) is 5.10 Å². The lowest BCUT2D eigenvalue weighted by Crippen LogP contribution is -2.47. The van der Waals surface area contributed by atoms with Crippen molar-refractivity contribution in [3.05, 3.63) is 88.5 Å². The number of hydrogen-bond donors (Lipinski definition) is 2. The van der Waals surface area contributed by atoms with Crippen LogP contribution in [0.2, 0.25) is 0 Å². The largest absolute Gasteiger partial charge is 0.445 e. The monoisotopic (exact) mass is 615 g/mol. The highest BCUT2D eigenvalue weighted by molar-refractivity contribution is 5.89. The van der Waals surface area contributed by atoms with E-state index in [1.807, 2.05) is 24.3 Å². The first-order chi connectivity index (χ1) is 19.3. The van der Waals surface area contributed by atoms with Crippen LogP contribution in [-0.4, -0.2) is 53.0 Å². The van der Waals surface area contributed by atoms with Gasteiger partial charge in [-0.1, -0.05) is 30.3 Å². The van der Waals surface area contributed by atoms with Crippen molar-refractivity contribution in [3.63, 3.8) is 0 Å². The van der Waals surface area contributed by atoms with E-state index in [1.165, 1.54) is 29.4 Å². The molecule has 0 aliphatic carbocycles. The molecule has 0 amide bonds. The Balaban J connectivity index is 0.00000202. The number of nitrogens with zero attached hydrogens (tertiary/aromatic N) is 6. The first kappa shape index (κ1) is 31.3. The summed E-state index contributed by atoms with van der Waals surface area (Å²) in [5.41, 5.74) is 8.90. The molecule has 5 aromatic rings. The highest BCUT2D eigenvalue weighted by Gasteiger charge is 2.33. The molecule has 1 aliphatic rings. The van der Waals surface area contributed by atoms with E-state index in [-0.39, 0.29) is 48.3 Å². The number of likely N-dealkylation sites (tertiary alicyclic amines) is 1. The molecule has 1 aliphatic heterocycles. The minimum Gasteiger partial charge on any atom is -0.445 e. The molecule has 42 heavy (non-hydrogen) atoms. The first-order valence-corrected chi connectivity index (χ1v) is 13.2. The molecule has 1 saturated heterocycles. The van der Waals surface area contributed by atoms with E-state index in [2.05, 4.69) is 20.0 Å². The third-order valence-electron chi connectivity index (χ3n) is 7.65. The van der Waals surface area contributed by atoms with Gasteiger partial charge in [0.05, 0.1) is 30.4 Å². The van der Waals surface area contributed by atoms with Crippen LogP contribution in [0.1, 0.15) is 24.0 Å². The van der Waals surface area contributed by atoms with Crippen LogP contribution in [-0.2, 0) is 26.7 Å². The average molecular weight is 617 g/mol. The van der Waals surface area contributed by atoms with Crippen molar-refractivity contribution in [2.45, 2.75) is 38.1 Å². The van der Waals surface area contributed by atoms with E-state index in [1.54, 1.807) is 23.9 Å². The van der Waals surface area contributed by atoms with Gasteiger partial charge in [-0.05, 0) is 30.5 Å². The normalized spacial score (nSPS) is 14.9. The smallest absolute Gasteiger partial charge is 0.281 e. The summed E-state index contributed by atoms with van der Waals surface area (Å²) < 4.78 is 23.1. The lowest BCUT2D eigenvalue weighted by Gasteiger charge is -2.38. The number of hydrogen-bond acceptors (Lipinski definition) is 8. The first-order valence-electron chi connectivity index (χ1n) is 13.2. The van der Waals surface area contributed by atoms with Gasteiger partial charge in [-0.3, -0.25) is 18.9 Å². The van der Waals surface area contributed by atoms with E-state index in [4.69, 9.17) is 10.2 Å². The topological polar surface area (TPSA) is 128 Å². The highest BCUT2D eigenvalue weighted by atomic mass is 35.5.